The zero-order valence-corrected chi connectivity index (χ0v) is 14.8. The number of anilines is 1. The first kappa shape index (κ1) is 18.3. The molecule has 2 aliphatic heterocycles. The van der Waals surface area contributed by atoms with Crippen LogP contribution in [-0.2, 0) is 15.8 Å². The SMILES string of the molecule is C[C@]12C[C@H](c3ccccc3O1)[C@H](C(=O)Nc1cccc(C(F)(F)F)c1)C(=O)N2. The lowest BCUT2D eigenvalue weighted by atomic mass is 9.74. The Morgan fingerprint density at radius 2 is 1.96 bits per heavy atom. The van der Waals surface area contributed by atoms with Crippen molar-refractivity contribution in [2.24, 2.45) is 5.92 Å². The second-order valence-electron chi connectivity index (χ2n) is 7.22. The van der Waals surface area contributed by atoms with E-state index >= 15 is 0 Å². The molecule has 3 atom stereocenters. The molecular formula is C20H17F3N2O3. The molecular weight excluding hydrogens is 373 g/mol. The van der Waals surface area contributed by atoms with Crippen molar-refractivity contribution in [3.05, 3.63) is 59.7 Å². The molecule has 2 N–H and O–H groups in total. The van der Waals surface area contributed by atoms with E-state index in [1.54, 1.807) is 31.2 Å². The molecule has 1 fully saturated rings. The van der Waals surface area contributed by atoms with Crippen LogP contribution in [-0.4, -0.2) is 17.5 Å². The normalized spacial score (nSPS) is 25.9. The highest BCUT2D eigenvalue weighted by atomic mass is 19.4. The molecule has 0 unspecified atom stereocenters. The third-order valence-corrected chi connectivity index (χ3v) is 5.08. The Balaban J connectivity index is 1.64. The topological polar surface area (TPSA) is 67.4 Å². The van der Waals surface area contributed by atoms with Gasteiger partial charge in [0.2, 0.25) is 11.8 Å². The molecule has 2 heterocycles. The molecule has 146 valence electrons. The monoisotopic (exact) mass is 390 g/mol. The summed E-state index contributed by atoms with van der Waals surface area (Å²) in [7, 11) is 0. The molecule has 5 nitrogen and oxygen atoms in total. The van der Waals surface area contributed by atoms with Crippen molar-refractivity contribution in [1.29, 1.82) is 0 Å². The zero-order valence-electron chi connectivity index (χ0n) is 14.8. The molecule has 1 saturated heterocycles. The highest BCUT2D eigenvalue weighted by Gasteiger charge is 2.51. The number of hydrogen-bond donors (Lipinski definition) is 2. The van der Waals surface area contributed by atoms with Crippen molar-refractivity contribution in [1.82, 2.24) is 5.32 Å². The van der Waals surface area contributed by atoms with Crippen LogP contribution in [0.3, 0.4) is 0 Å². The first-order chi connectivity index (χ1) is 13.2. The lowest BCUT2D eigenvalue weighted by Crippen LogP contribution is -2.62. The highest BCUT2D eigenvalue weighted by Crippen LogP contribution is 2.46. The van der Waals surface area contributed by atoms with Crippen LogP contribution in [0.5, 0.6) is 5.75 Å². The molecule has 2 aliphatic rings. The molecule has 28 heavy (non-hydrogen) atoms. The quantitative estimate of drug-likeness (QED) is 0.769. The van der Waals surface area contributed by atoms with Crippen molar-refractivity contribution < 1.29 is 27.5 Å². The Bertz CT molecular complexity index is 960. The Kier molecular flexibility index (Phi) is 4.10. The molecule has 0 spiro atoms. The van der Waals surface area contributed by atoms with E-state index in [9.17, 15) is 22.8 Å². The van der Waals surface area contributed by atoms with Gasteiger partial charge in [-0.15, -0.1) is 0 Å². The van der Waals surface area contributed by atoms with Crippen LogP contribution in [0.4, 0.5) is 18.9 Å². The smallest absolute Gasteiger partial charge is 0.416 e. The minimum absolute atomic E-state index is 0.0127. The summed E-state index contributed by atoms with van der Waals surface area (Å²) in [5.74, 6) is -2.10. The number of para-hydroxylation sites is 1. The summed E-state index contributed by atoms with van der Waals surface area (Å²) in [6.45, 7) is 1.73. The van der Waals surface area contributed by atoms with Gasteiger partial charge >= 0.3 is 6.18 Å². The Labute approximate surface area is 158 Å². The molecule has 4 rings (SSSR count). The molecule has 0 radical (unpaired) electrons. The number of nitrogens with one attached hydrogen (secondary N) is 2. The van der Waals surface area contributed by atoms with E-state index in [4.69, 9.17) is 4.74 Å². The van der Waals surface area contributed by atoms with Crippen LogP contribution >= 0.6 is 0 Å². The lowest BCUT2D eigenvalue weighted by Gasteiger charge is -2.46. The van der Waals surface area contributed by atoms with Crippen LogP contribution in [0.1, 0.15) is 30.4 Å². The molecule has 2 aromatic carbocycles. The van der Waals surface area contributed by atoms with E-state index in [0.717, 1.165) is 17.7 Å². The number of piperidine rings is 1. The third kappa shape index (κ3) is 3.19. The number of carbonyl (C=O) groups is 2. The summed E-state index contributed by atoms with van der Waals surface area (Å²) in [4.78, 5) is 25.5. The predicted octanol–water partition coefficient (Wildman–Crippen LogP) is 3.67. The molecule has 0 saturated carbocycles. The fraction of sp³-hybridized carbons (Fsp3) is 0.300. The van der Waals surface area contributed by atoms with E-state index in [0.29, 0.717) is 12.2 Å². The number of carbonyl (C=O) groups excluding carboxylic acids is 2. The van der Waals surface area contributed by atoms with Crippen LogP contribution < -0.4 is 15.4 Å². The van der Waals surface area contributed by atoms with Gasteiger partial charge in [-0.3, -0.25) is 9.59 Å². The van der Waals surface area contributed by atoms with Crippen LogP contribution in [0.25, 0.3) is 0 Å². The minimum Gasteiger partial charge on any atom is -0.468 e. The Hall–Kier alpha value is -3.03. The number of amides is 2. The van der Waals surface area contributed by atoms with E-state index in [-0.39, 0.29) is 5.69 Å². The highest BCUT2D eigenvalue weighted by molar-refractivity contribution is 6.08. The lowest BCUT2D eigenvalue weighted by molar-refractivity contribution is -0.145. The number of alkyl halides is 3. The summed E-state index contributed by atoms with van der Waals surface area (Å²) in [5, 5.41) is 5.18. The summed E-state index contributed by atoms with van der Waals surface area (Å²) in [5.41, 5.74) is -1.08. The predicted molar refractivity (Wildman–Crippen MR) is 94.5 cm³/mol. The van der Waals surface area contributed by atoms with Gasteiger partial charge in [-0.2, -0.15) is 13.2 Å². The standard InChI is InChI=1S/C20H17F3N2O3/c1-19-10-14(13-7-2-3-8-15(13)28-19)16(18(27)25-19)17(26)24-12-6-4-5-11(9-12)20(21,22)23/h2-9,14,16H,10H2,1H3,(H,24,26)(H,25,27)/t14-,16-,19-/m1/s1. The number of halogens is 3. The summed E-state index contributed by atoms with van der Waals surface area (Å²) >= 11 is 0. The molecule has 8 heteroatoms. The van der Waals surface area contributed by atoms with Gasteiger partial charge in [0.15, 0.2) is 5.72 Å². The van der Waals surface area contributed by atoms with Crippen molar-refractivity contribution in [3.63, 3.8) is 0 Å². The van der Waals surface area contributed by atoms with Gasteiger partial charge in [-0.05, 0) is 36.8 Å². The Morgan fingerprint density at radius 3 is 2.71 bits per heavy atom. The fourth-order valence-corrected chi connectivity index (χ4v) is 3.88. The van der Waals surface area contributed by atoms with E-state index in [1.165, 1.54) is 12.1 Å². The maximum Gasteiger partial charge on any atom is 0.416 e. The maximum absolute atomic E-state index is 12.9. The number of fused-ring (bicyclic) bond motifs is 4. The van der Waals surface area contributed by atoms with Crippen LogP contribution in [0.15, 0.2) is 48.5 Å². The van der Waals surface area contributed by atoms with Gasteiger partial charge < -0.3 is 15.4 Å². The van der Waals surface area contributed by atoms with Crippen LogP contribution in [0, 0.1) is 5.92 Å². The van der Waals surface area contributed by atoms with Crippen molar-refractivity contribution >= 4 is 17.5 Å². The van der Waals surface area contributed by atoms with Crippen LogP contribution in [0.2, 0.25) is 0 Å². The van der Waals surface area contributed by atoms with E-state index < -0.39 is 41.1 Å². The minimum atomic E-state index is -4.52. The largest absolute Gasteiger partial charge is 0.468 e. The molecule has 2 aromatic rings. The molecule has 2 amide bonds. The van der Waals surface area contributed by atoms with Gasteiger partial charge in [-0.25, -0.2) is 0 Å². The first-order valence-corrected chi connectivity index (χ1v) is 8.74. The maximum atomic E-state index is 12.9. The molecule has 2 bridgehead atoms. The second kappa shape index (κ2) is 6.25. The molecule has 0 aliphatic carbocycles. The Morgan fingerprint density at radius 1 is 1.21 bits per heavy atom. The summed E-state index contributed by atoms with van der Waals surface area (Å²) in [6, 6.07) is 11.5. The first-order valence-electron chi connectivity index (χ1n) is 8.74. The number of hydrogen-bond acceptors (Lipinski definition) is 3. The fourth-order valence-electron chi connectivity index (χ4n) is 3.88. The van der Waals surface area contributed by atoms with Crippen molar-refractivity contribution in [2.45, 2.75) is 31.2 Å². The average Bonchev–Trinajstić information content (AvgIpc) is 2.60. The average molecular weight is 390 g/mol. The van der Waals surface area contributed by atoms with Gasteiger partial charge in [0.1, 0.15) is 11.7 Å². The van der Waals surface area contributed by atoms with Crippen molar-refractivity contribution in [2.75, 3.05) is 5.32 Å². The second-order valence-corrected chi connectivity index (χ2v) is 7.22. The number of benzene rings is 2. The van der Waals surface area contributed by atoms with Gasteiger partial charge in [0.05, 0.1) is 5.56 Å². The van der Waals surface area contributed by atoms with E-state index in [2.05, 4.69) is 10.6 Å². The third-order valence-electron chi connectivity index (χ3n) is 5.08. The summed E-state index contributed by atoms with van der Waals surface area (Å²) < 4.78 is 44.6. The summed E-state index contributed by atoms with van der Waals surface area (Å²) in [6.07, 6.45) is -4.14. The van der Waals surface area contributed by atoms with E-state index in [1.807, 2.05) is 0 Å². The van der Waals surface area contributed by atoms with Gasteiger partial charge in [-0.1, -0.05) is 24.3 Å². The van der Waals surface area contributed by atoms with Gasteiger partial charge in [0.25, 0.3) is 0 Å². The number of ether oxygens (including phenoxy) is 1. The molecule has 0 aromatic heterocycles. The van der Waals surface area contributed by atoms with Gasteiger partial charge in [0, 0.05) is 18.0 Å². The number of rotatable bonds is 2. The van der Waals surface area contributed by atoms with Crippen molar-refractivity contribution in [3.8, 4) is 5.75 Å². The zero-order chi connectivity index (χ0) is 20.1.